The molecular weight excluding hydrogens is 289 g/mol. The molecule has 3 heteroatoms. The van der Waals surface area contributed by atoms with E-state index in [9.17, 15) is 0 Å². The molecule has 1 aliphatic carbocycles. The van der Waals surface area contributed by atoms with Crippen LogP contribution in [0.15, 0.2) is 42.5 Å². The second-order valence-corrected chi connectivity index (χ2v) is 6.29. The fraction of sp³-hybridized carbons (Fsp3) is 0.294. The summed E-state index contributed by atoms with van der Waals surface area (Å²) in [6.45, 7) is 0. The number of hydrogen-bond acceptors (Lipinski definition) is 1. The summed E-state index contributed by atoms with van der Waals surface area (Å²) in [5.74, 6) is 0.429. The van der Waals surface area contributed by atoms with Crippen molar-refractivity contribution >= 4 is 23.2 Å². The molecule has 2 aromatic carbocycles. The number of nitrogens with two attached hydrogens (primary N) is 1. The summed E-state index contributed by atoms with van der Waals surface area (Å²) in [4.78, 5) is 0. The highest BCUT2D eigenvalue weighted by Crippen LogP contribution is 2.36. The van der Waals surface area contributed by atoms with Gasteiger partial charge >= 0.3 is 0 Å². The van der Waals surface area contributed by atoms with Crippen molar-refractivity contribution in [3.8, 4) is 0 Å². The highest BCUT2D eigenvalue weighted by atomic mass is 35.5. The Bertz CT molecular complexity index is 624. The standard InChI is InChI=1S/C17H17Cl2N/c18-13-7-5-12(16(19)10-13)9-17(20)15-8-6-11-3-1-2-4-14(11)15/h1-5,7,10,15,17H,6,8-9,20H2. The zero-order chi connectivity index (χ0) is 14.1. The van der Waals surface area contributed by atoms with Crippen LogP contribution < -0.4 is 5.73 Å². The molecule has 2 unspecified atom stereocenters. The van der Waals surface area contributed by atoms with Gasteiger partial charge in [0.15, 0.2) is 0 Å². The van der Waals surface area contributed by atoms with E-state index in [4.69, 9.17) is 28.9 Å². The molecule has 0 aliphatic heterocycles. The minimum Gasteiger partial charge on any atom is -0.327 e. The maximum atomic E-state index is 6.44. The van der Waals surface area contributed by atoms with Gasteiger partial charge in [0.1, 0.15) is 0 Å². The van der Waals surface area contributed by atoms with Crippen LogP contribution in [-0.2, 0) is 12.8 Å². The Labute approximate surface area is 129 Å². The average Bonchev–Trinajstić information content (AvgIpc) is 2.86. The first kappa shape index (κ1) is 13.9. The van der Waals surface area contributed by atoms with E-state index in [1.165, 1.54) is 11.1 Å². The van der Waals surface area contributed by atoms with Gasteiger partial charge in [-0.1, -0.05) is 53.5 Å². The van der Waals surface area contributed by atoms with E-state index in [0.717, 1.165) is 24.8 Å². The van der Waals surface area contributed by atoms with Gasteiger partial charge in [0.25, 0.3) is 0 Å². The molecule has 0 saturated carbocycles. The van der Waals surface area contributed by atoms with Crippen LogP contribution in [0.1, 0.15) is 29.0 Å². The summed E-state index contributed by atoms with van der Waals surface area (Å²) < 4.78 is 0. The number of fused-ring (bicyclic) bond motifs is 1. The molecular formula is C17H17Cl2N. The van der Waals surface area contributed by atoms with Crippen molar-refractivity contribution in [3.05, 3.63) is 69.2 Å². The number of halogens is 2. The molecule has 20 heavy (non-hydrogen) atoms. The van der Waals surface area contributed by atoms with Gasteiger partial charge in [0.05, 0.1) is 0 Å². The predicted molar refractivity (Wildman–Crippen MR) is 85.6 cm³/mol. The Morgan fingerprint density at radius 2 is 1.95 bits per heavy atom. The van der Waals surface area contributed by atoms with Crippen molar-refractivity contribution in [2.45, 2.75) is 31.2 Å². The Hall–Kier alpha value is -1.02. The van der Waals surface area contributed by atoms with Crippen molar-refractivity contribution in [3.63, 3.8) is 0 Å². The van der Waals surface area contributed by atoms with E-state index in [-0.39, 0.29) is 6.04 Å². The summed E-state index contributed by atoms with van der Waals surface area (Å²) in [5.41, 5.74) is 10.4. The summed E-state index contributed by atoms with van der Waals surface area (Å²) in [5, 5.41) is 1.37. The zero-order valence-electron chi connectivity index (χ0n) is 11.2. The van der Waals surface area contributed by atoms with Crippen LogP contribution in [0.25, 0.3) is 0 Å². The van der Waals surface area contributed by atoms with Crippen LogP contribution in [-0.4, -0.2) is 6.04 Å². The van der Waals surface area contributed by atoms with Crippen molar-refractivity contribution in [2.75, 3.05) is 0 Å². The van der Waals surface area contributed by atoms with Gasteiger partial charge in [-0.05, 0) is 54.0 Å². The lowest BCUT2D eigenvalue weighted by Gasteiger charge is -2.21. The van der Waals surface area contributed by atoms with E-state index in [1.54, 1.807) is 6.07 Å². The molecule has 0 heterocycles. The molecule has 0 saturated heterocycles. The van der Waals surface area contributed by atoms with Gasteiger partial charge in [-0.25, -0.2) is 0 Å². The Morgan fingerprint density at radius 3 is 2.75 bits per heavy atom. The summed E-state index contributed by atoms with van der Waals surface area (Å²) in [6, 6.07) is 14.3. The predicted octanol–water partition coefficient (Wildman–Crippen LogP) is 4.59. The van der Waals surface area contributed by atoms with Gasteiger partial charge in [-0.2, -0.15) is 0 Å². The first-order chi connectivity index (χ1) is 9.65. The third-order valence-electron chi connectivity index (χ3n) is 4.17. The topological polar surface area (TPSA) is 26.0 Å². The summed E-state index contributed by atoms with van der Waals surface area (Å²) >= 11 is 12.2. The molecule has 3 rings (SSSR count). The molecule has 0 aromatic heterocycles. The molecule has 0 fully saturated rings. The molecule has 104 valence electrons. The molecule has 0 spiro atoms. The van der Waals surface area contributed by atoms with Crippen LogP contribution in [0.4, 0.5) is 0 Å². The molecule has 1 nitrogen and oxygen atoms in total. The van der Waals surface area contributed by atoms with Crippen molar-refractivity contribution in [2.24, 2.45) is 5.73 Å². The molecule has 2 atom stereocenters. The molecule has 2 N–H and O–H groups in total. The number of benzene rings is 2. The molecule has 0 amide bonds. The largest absolute Gasteiger partial charge is 0.327 e. The van der Waals surface area contributed by atoms with Crippen molar-refractivity contribution < 1.29 is 0 Å². The van der Waals surface area contributed by atoms with Gasteiger partial charge in [0, 0.05) is 16.1 Å². The minimum atomic E-state index is 0.0947. The summed E-state index contributed by atoms with van der Waals surface area (Å²) in [7, 11) is 0. The van der Waals surface area contributed by atoms with Crippen LogP contribution >= 0.6 is 23.2 Å². The van der Waals surface area contributed by atoms with Gasteiger partial charge in [-0.15, -0.1) is 0 Å². The van der Waals surface area contributed by atoms with Crippen LogP contribution in [0.3, 0.4) is 0 Å². The number of hydrogen-bond donors (Lipinski definition) is 1. The second-order valence-electron chi connectivity index (χ2n) is 5.45. The average molecular weight is 306 g/mol. The zero-order valence-corrected chi connectivity index (χ0v) is 12.7. The Morgan fingerprint density at radius 1 is 1.15 bits per heavy atom. The third kappa shape index (κ3) is 2.71. The first-order valence-corrected chi connectivity index (χ1v) is 7.68. The Balaban J connectivity index is 1.79. The quantitative estimate of drug-likeness (QED) is 0.881. The van der Waals surface area contributed by atoms with Crippen molar-refractivity contribution in [1.29, 1.82) is 0 Å². The van der Waals surface area contributed by atoms with E-state index in [2.05, 4.69) is 24.3 Å². The monoisotopic (exact) mass is 305 g/mol. The SMILES string of the molecule is NC(Cc1ccc(Cl)cc1Cl)C1CCc2ccccc21. The Kier molecular flexibility index (Phi) is 4.02. The van der Waals surface area contributed by atoms with Crippen LogP contribution in [0.2, 0.25) is 10.0 Å². The minimum absolute atomic E-state index is 0.0947. The second kappa shape index (κ2) is 5.77. The molecule has 1 aliphatic rings. The smallest absolute Gasteiger partial charge is 0.0453 e. The third-order valence-corrected chi connectivity index (χ3v) is 4.75. The van der Waals surface area contributed by atoms with E-state index < -0.39 is 0 Å². The molecule has 0 bridgehead atoms. The van der Waals surface area contributed by atoms with E-state index in [1.807, 2.05) is 12.1 Å². The molecule has 2 aromatic rings. The van der Waals surface area contributed by atoms with Gasteiger partial charge in [-0.3, -0.25) is 0 Å². The normalized spacial score (nSPS) is 18.9. The highest BCUT2D eigenvalue weighted by molar-refractivity contribution is 6.35. The van der Waals surface area contributed by atoms with E-state index >= 15 is 0 Å². The van der Waals surface area contributed by atoms with Crippen molar-refractivity contribution in [1.82, 2.24) is 0 Å². The summed E-state index contributed by atoms with van der Waals surface area (Å²) in [6.07, 6.45) is 3.05. The van der Waals surface area contributed by atoms with E-state index in [0.29, 0.717) is 16.0 Å². The lowest BCUT2D eigenvalue weighted by molar-refractivity contribution is 0.525. The fourth-order valence-corrected chi connectivity index (χ4v) is 3.60. The lowest BCUT2D eigenvalue weighted by Crippen LogP contribution is -2.29. The number of rotatable bonds is 3. The first-order valence-electron chi connectivity index (χ1n) is 6.92. The van der Waals surface area contributed by atoms with Gasteiger partial charge in [0.2, 0.25) is 0 Å². The highest BCUT2D eigenvalue weighted by Gasteiger charge is 2.27. The van der Waals surface area contributed by atoms with Crippen LogP contribution in [0, 0.1) is 0 Å². The maximum Gasteiger partial charge on any atom is 0.0453 e. The van der Waals surface area contributed by atoms with Gasteiger partial charge < -0.3 is 5.73 Å². The molecule has 0 radical (unpaired) electrons. The van der Waals surface area contributed by atoms with Crippen LogP contribution in [0.5, 0.6) is 0 Å². The fourth-order valence-electron chi connectivity index (χ4n) is 3.12. The maximum absolute atomic E-state index is 6.44. The lowest BCUT2D eigenvalue weighted by atomic mass is 9.89. The number of aryl methyl sites for hydroxylation is 1.